The fourth-order valence-electron chi connectivity index (χ4n) is 2.06. The lowest BCUT2D eigenvalue weighted by atomic mass is 10.1. The molecule has 6 heteroatoms. The normalized spacial score (nSPS) is 12.1. The van der Waals surface area contributed by atoms with Gasteiger partial charge in [0.1, 0.15) is 0 Å². The molecule has 1 unspecified atom stereocenters. The summed E-state index contributed by atoms with van der Waals surface area (Å²) < 4.78 is 0. The second-order valence-corrected chi connectivity index (χ2v) is 4.93. The highest BCUT2D eigenvalue weighted by atomic mass is 16.2. The number of nitrogens with zero attached hydrogens (tertiary/aromatic N) is 4. The fraction of sp³-hybridized carbons (Fsp3) is 0.429. The Morgan fingerprint density at radius 2 is 2.10 bits per heavy atom. The van der Waals surface area contributed by atoms with Gasteiger partial charge in [-0.15, -0.1) is 10.2 Å². The van der Waals surface area contributed by atoms with Crippen LogP contribution in [0.5, 0.6) is 0 Å². The molecule has 0 aliphatic rings. The van der Waals surface area contributed by atoms with Crippen LogP contribution in [0.1, 0.15) is 30.7 Å². The molecule has 0 saturated heterocycles. The van der Waals surface area contributed by atoms with Crippen molar-refractivity contribution in [1.29, 1.82) is 0 Å². The smallest absolute Gasteiger partial charge is 0.222 e. The molecule has 2 aromatic rings. The Balaban J connectivity index is 1.80. The van der Waals surface area contributed by atoms with Crippen LogP contribution in [0.25, 0.3) is 0 Å². The fourth-order valence-corrected chi connectivity index (χ4v) is 2.06. The molecule has 0 aliphatic heterocycles. The lowest BCUT2D eigenvalue weighted by Crippen LogP contribution is -2.30. The molecule has 0 aliphatic carbocycles. The summed E-state index contributed by atoms with van der Waals surface area (Å²) in [6.07, 6.45) is 1.28. The van der Waals surface area contributed by atoms with Crippen molar-refractivity contribution < 1.29 is 4.79 Å². The minimum atomic E-state index is 0.0689. The molecule has 1 aromatic heterocycles. The first-order valence-corrected chi connectivity index (χ1v) is 6.68. The zero-order valence-electron chi connectivity index (χ0n) is 11.8. The number of nitrogens with one attached hydrogen (secondary N) is 1. The Morgan fingerprint density at radius 3 is 2.75 bits per heavy atom. The summed E-state index contributed by atoms with van der Waals surface area (Å²) in [6.45, 7) is 2.57. The number of carbonyl (C=O) groups is 1. The number of rotatable bonds is 6. The molecule has 0 spiro atoms. The summed E-state index contributed by atoms with van der Waals surface area (Å²) in [6, 6.07) is 10.0. The van der Waals surface area contributed by atoms with Gasteiger partial charge in [0.2, 0.25) is 5.91 Å². The molecule has 0 saturated carbocycles. The molecule has 0 radical (unpaired) electrons. The summed E-state index contributed by atoms with van der Waals surface area (Å²) in [7, 11) is 1.81. The number of hydrogen-bond donors (Lipinski definition) is 1. The first kappa shape index (κ1) is 14.2. The number of hydrogen-bond acceptors (Lipinski definition) is 4. The van der Waals surface area contributed by atoms with Gasteiger partial charge in [-0.25, -0.2) is 0 Å². The first-order valence-electron chi connectivity index (χ1n) is 6.68. The lowest BCUT2D eigenvalue weighted by molar-refractivity contribution is -0.130. The van der Waals surface area contributed by atoms with Gasteiger partial charge in [-0.1, -0.05) is 42.5 Å². The van der Waals surface area contributed by atoms with E-state index in [1.165, 1.54) is 5.56 Å². The molecular formula is C14H19N5O. The topological polar surface area (TPSA) is 74.8 Å². The molecular weight excluding hydrogens is 254 g/mol. The summed E-state index contributed by atoms with van der Waals surface area (Å²) >= 11 is 0. The van der Waals surface area contributed by atoms with Crippen molar-refractivity contribution >= 4 is 5.91 Å². The Labute approximate surface area is 118 Å². The van der Waals surface area contributed by atoms with Gasteiger partial charge in [0.15, 0.2) is 5.82 Å². The number of likely N-dealkylation sites (N-methyl/N-ethyl adjacent to an activating group) is 1. The molecule has 1 N–H and O–H groups in total. The van der Waals surface area contributed by atoms with Gasteiger partial charge < -0.3 is 4.90 Å². The molecule has 2 rings (SSSR count). The molecule has 0 fully saturated rings. The van der Waals surface area contributed by atoms with Crippen molar-refractivity contribution in [3.8, 4) is 0 Å². The quantitative estimate of drug-likeness (QED) is 0.863. The van der Waals surface area contributed by atoms with Crippen LogP contribution in [0.2, 0.25) is 0 Å². The van der Waals surface area contributed by atoms with E-state index in [1.807, 2.05) is 44.3 Å². The average Bonchev–Trinajstić information content (AvgIpc) is 3.00. The van der Waals surface area contributed by atoms with Crippen LogP contribution in [-0.4, -0.2) is 45.0 Å². The second kappa shape index (κ2) is 6.79. The van der Waals surface area contributed by atoms with Gasteiger partial charge in [-0.3, -0.25) is 4.79 Å². The molecule has 1 heterocycles. The third kappa shape index (κ3) is 3.88. The second-order valence-electron chi connectivity index (χ2n) is 4.93. The highest BCUT2D eigenvalue weighted by Crippen LogP contribution is 2.11. The van der Waals surface area contributed by atoms with Crippen molar-refractivity contribution in [2.75, 3.05) is 13.6 Å². The maximum atomic E-state index is 12.1. The zero-order chi connectivity index (χ0) is 14.4. The van der Waals surface area contributed by atoms with Crippen LogP contribution in [0.4, 0.5) is 0 Å². The minimum Gasteiger partial charge on any atom is -0.345 e. The Morgan fingerprint density at radius 1 is 1.35 bits per heavy atom. The summed E-state index contributed by atoms with van der Waals surface area (Å²) in [5, 5.41) is 13.8. The number of tetrazole rings is 1. The van der Waals surface area contributed by atoms with Crippen LogP contribution < -0.4 is 0 Å². The van der Waals surface area contributed by atoms with Crippen molar-refractivity contribution in [3.63, 3.8) is 0 Å². The van der Waals surface area contributed by atoms with E-state index in [1.54, 1.807) is 4.90 Å². The summed E-state index contributed by atoms with van der Waals surface area (Å²) in [4.78, 5) is 13.8. The number of amides is 1. The average molecular weight is 273 g/mol. The number of carbonyl (C=O) groups excluding carboxylic acids is 1. The van der Waals surface area contributed by atoms with E-state index in [0.29, 0.717) is 18.8 Å². The third-order valence-electron chi connectivity index (χ3n) is 3.25. The number of aromatic nitrogens is 4. The van der Waals surface area contributed by atoms with Gasteiger partial charge in [-0.2, -0.15) is 5.21 Å². The molecule has 0 bridgehead atoms. The van der Waals surface area contributed by atoms with Gasteiger partial charge >= 0.3 is 0 Å². The van der Waals surface area contributed by atoms with Crippen molar-refractivity contribution in [3.05, 3.63) is 41.7 Å². The third-order valence-corrected chi connectivity index (χ3v) is 3.25. The Kier molecular flexibility index (Phi) is 4.81. The van der Waals surface area contributed by atoms with Crippen LogP contribution in [0.15, 0.2) is 30.3 Å². The summed E-state index contributed by atoms with van der Waals surface area (Å²) in [5.41, 5.74) is 1.18. The molecule has 1 aromatic carbocycles. The first-order chi connectivity index (χ1) is 9.66. The predicted molar refractivity (Wildman–Crippen MR) is 75.0 cm³/mol. The Bertz CT molecular complexity index is 526. The van der Waals surface area contributed by atoms with Crippen LogP contribution >= 0.6 is 0 Å². The number of aromatic amines is 1. The van der Waals surface area contributed by atoms with Gasteiger partial charge in [0, 0.05) is 25.9 Å². The van der Waals surface area contributed by atoms with Gasteiger partial charge in [0.05, 0.1) is 0 Å². The molecule has 6 nitrogen and oxygen atoms in total. The van der Waals surface area contributed by atoms with E-state index in [2.05, 4.69) is 20.6 Å². The highest BCUT2D eigenvalue weighted by molar-refractivity contribution is 5.76. The Hall–Kier alpha value is -2.24. The van der Waals surface area contributed by atoms with E-state index in [-0.39, 0.29) is 11.8 Å². The molecule has 106 valence electrons. The van der Waals surface area contributed by atoms with E-state index < -0.39 is 0 Å². The van der Waals surface area contributed by atoms with Gasteiger partial charge in [0.25, 0.3) is 0 Å². The van der Waals surface area contributed by atoms with Crippen LogP contribution in [0.3, 0.4) is 0 Å². The predicted octanol–water partition coefficient (Wildman–Crippen LogP) is 1.39. The van der Waals surface area contributed by atoms with Gasteiger partial charge in [-0.05, 0) is 12.0 Å². The largest absolute Gasteiger partial charge is 0.345 e. The minimum absolute atomic E-state index is 0.0689. The van der Waals surface area contributed by atoms with Crippen molar-refractivity contribution in [2.45, 2.75) is 25.7 Å². The number of H-pyrrole nitrogens is 1. The number of aryl methyl sites for hydroxylation is 1. The standard InChI is InChI=1S/C14H19N5O/c1-11(14-15-17-18-16-14)10-19(2)13(20)9-8-12-6-4-3-5-7-12/h3-7,11H,8-10H2,1-2H3,(H,15,16,17,18). The van der Waals surface area contributed by atoms with Crippen molar-refractivity contribution in [2.24, 2.45) is 0 Å². The molecule has 1 atom stereocenters. The summed E-state index contributed by atoms with van der Waals surface area (Å²) in [5.74, 6) is 0.830. The monoisotopic (exact) mass is 273 g/mol. The number of benzene rings is 1. The van der Waals surface area contributed by atoms with E-state index in [9.17, 15) is 4.79 Å². The molecule has 1 amide bonds. The SMILES string of the molecule is CC(CN(C)C(=O)CCc1ccccc1)c1nn[nH]n1. The van der Waals surface area contributed by atoms with E-state index in [0.717, 1.165) is 6.42 Å². The lowest BCUT2D eigenvalue weighted by Gasteiger charge is -2.19. The maximum absolute atomic E-state index is 12.1. The van der Waals surface area contributed by atoms with Crippen molar-refractivity contribution in [1.82, 2.24) is 25.5 Å². The van der Waals surface area contributed by atoms with E-state index in [4.69, 9.17) is 0 Å². The van der Waals surface area contributed by atoms with E-state index >= 15 is 0 Å². The zero-order valence-corrected chi connectivity index (χ0v) is 11.8. The highest BCUT2D eigenvalue weighted by Gasteiger charge is 2.16. The maximum Gasteiger partial charge on any atom is 0.222 e. The molecule has 20 heavy (non-hydrogen) atoms. The van der Waals surface area contributed by atoms with Crippen LogP contribution in [0, 0.1) is 0 Å². The van der Waals surface area contributed by atoms with Crippen LogP contribution in [-0.2, 0) is 11.2 Å².